The quantitative estimate of drug-likeness (QED) is 0.355. The fourth-order valence-electron chi connectivity index (χ4n) is 4.33. The topological polar surface area (TPSA) is 99.2 Å². The third-order valence-corrected chi connectivity index (χ3v) is 8.08. The smallest absolute Gasteiger partial charge is 0.243 e. The molecule has 1 N–H and O–H groups in total. The molecule has 0 aliphatic carbocycles. The molecule has 1 aliphatic rings. The van der Waals surface area contributed by atoms with Crippen molar-refractivity contribution in [3.63, 3.8) is 0 Å². The molecule has 0 saturated heterocycles. The van der Waals surface area contributed by atoms with Gasteiger partial charge in [0.1, 0.15) is 17.4 Å². The summed E-state index contributed by atoms with van der Waals surface area (Å²) in [6, 6.07) is 23.3. The van der Waals surface area contributed by atoms with Gasteiger partial charge in [0.2, 0.25) is 10.0 Å². The lowest BCUT2D eigenvalue weighted by Gasteiger charge is -2.28. The Bertz CT molecular complexity index is 1580. The fraction of sp³-hybridized carbons (Fsp3) is 0.154. The van der Waals surface area contributed by atoms with Crippen molar-refractivity contribution in [3.8, 4) is 6.07 Å². The van der Waals surface area contributed by atoms with E-state index in [2.05, 4.69) is 4.98 Å². The number of fused-ring (bicyclic) bond motifs is 2. The number of hydrogen-bond acceptors (Lipinski definition) is 5. The minimum Gasteiger partial charge on any atom is -0.506 e. The standard InChI is InChI=1S/C26H22N4O3S/c1-29-24-9-5-4-8-23(24)28-26(29)22(16-27)25(31)19-10-12-21(13-11-19)34(32,33)30-15-14-18-6-2-3-7-20(18)17-30/h2-13,31H,14-15,17H2,1H3/b25-22-. The van der Waals surface area contributed by atoms with E-state index in [4.69, 9.17) is 0 Å². The molecule has 1 aromatic heterocycles. The Balaban J connectivity index is 1.47. The van der Waals surface area contributed by atoms with Gasteiger partial charge >= 0.3 is 0 Å². The number of imidazole rings is 1. The highest BCUT2D eigenvalue weighted by atomic mass is 32.2. The van der Waals surface area contributed by atoms with Crippen molar-refractivity contribution in [3.05, 3.63) is 95.3 Å². The maximum absolute atomic E-state index is 13.2. The van der Waals surface area contributed by atoms with E-state index in [0.29, 0.717) is 36.4 Å². The van der Waals surface area contributed by atoms with Gasteiger partial charge in [-0.2, -0.15) is 9.57 Å². The number of nitriles is 1. The molecule has 170 valence electrons. The Hall–Kier alpha value is -3.93. The predicted molar refractivity (Wildman–Crippen MR) is 130 cm³/mol. The van der Waals surface area contributed by atoms with Gasteiger partial charge in [-0.25, -0.2) is 13.4 Å². The van der Waals surface area contributed by atoms with Gasteiger partial charge in [0, 0.05) is 25.7 Å². The molecule has 0 bridgehead atoms. The Labute approximate surface area is 197 Å². The lowest BCUT2D eigenvalue weighted by Crippen LogP contribution is -2.35. The van der Waals surface area contributed by atoms with E-state index in [-0.39, 0.29) is 16.2 Å². The molecular formula is C26H22N4O3S. The maximum atomic E-state index is 13.2. The monoisotopic (exact) mass is 470 g/mol. The van der Waals surface area contributed by atoms with Gasteiger partial charge < -0.3 is 9.67 Å². The third kappa shape index (κ3) is 3.65. The van der Waals surface area contributed by atoms with Crippen LogP contribution in [-0.4, -0.2) is 33.9 Å². The normalized spacial score (nSPS) is 14.9. The summed E-state index contributed by atoms with van der Waals surface area (Å²) in [7, 11) is -1.92. The summed E-state index contributed by atoms with van der Waals surface area (Å²) in [6.07, 6.45) is 0.667. The van der Waals surface area contributed by atoms with E-state index in [1.54, 1.807) is 11.6 Å². The second-order valence-corrected chi connectivity index (χ2v) is 10.1. The van der Waals surface area contributed by atoms with Crippen LogP contribution >= 0.6 is 0 Å². The van der Waals surface area contributed by atoms with Crippen LogP contribution in [0.5, 0.6) is 0 Å². The van der Waals surface area contributed by atoms with Crippen LogP contribution in [0.15, 0.2) is 77.7 Å². The first-order chi connectivity index (χ1) is 16.4. The van der Waals surface area contributed by atoms with Crippen LogP contribution < -0.4 is 0 Å². The number of aliphatic hydroxyl groups excluding tert-OH is 1. The van der Waals surface area contributed by atoms with Crippen LogP contribution in [0.25, 0.3) is 22.4 Å². The summed E-state index contributed by atoms with van der Waals surface area (Å²) in [6.45, 7) is 0.744. The fourth-order valence-corrected chi connectivity index (χ4v) is 5.75. The molecule has 8 heteroatoms. The van der Waals surface area contributed by atoms with Crippen LogP contribution in [0.4, 0.5) is 0 Å². The molecule has 0 atom stereocenters. The molecule has 0 spiro atoms. The van der Waals surface area contributed by atoms with E-state index >= 15 is 0 Å². The van der Waals surface area contributed by atoms with Crippen molar-refractivity contribution < 1.29 is 13.5 Å². The van der Waals surface area contributed by atoms with Crippen molar-refractivity contribution in [2.45, 2.75) is 17.9 Å². The molecule has 4 aromatic rings. The second kappa shape index (κ2) is 8.45. The summed E-state index contributed by atoms with van der Waals surface area (Å²) in [4.78, 5) is 4.63. The maximum Gasteiger partial charge on any atom is 0.243 e. The molecular weight excluding hydrogens is 448 g/mol. The van der Waals surface area contributed by atoms with E-state index in [9.17, 15) is 18.8 Å². The number of sulfonamides is 1. The first-order valence-corrected chi connectivity index (χ1v) is 12.3. The van der Waals surface area contributed by atoms with E-state index in [1.807, 2.05) is 54.6 Å². The molecule has 0 unspecified atom stereocenters. The molecule has 0 radical (unpaired) electrons. The van der Waals surface area contributed by atoms with E-state index < -0.39 is 10.0 Å². The van der Waals surface area contributed by atoms with Crippen molar-refractivity contribution in [1.82, 2.24) is 13.9 Å². The highest BCUT2D eigenvalue weighted by Gasteiger charge is 2.28. The molecule has 7 nitrogen and oxygen atoms in total. The molecule has 0 amide bonds. The van der Waals surface area contributed by atoms with Gasteiger partial charge in [0.05, 0.1) is 15.9 Å². The molecule has 1 aliphatic heterocycles. The Morgan fingerprint density at radius 2 is 1.68 bits per heavy atom. The van der Waals surface area contributed by atoms with Crippen molar-refractivity contribution >= 4 is 32.4 Å². The Morgan fingerprint density at radius 3 is 2.38 bits per heavy atom. The minimum atomic E-state index is -3.70. The zero-order valence-corrected chi connectivity index (χ0v) is 19.3. The average Bonchev–Trinajstić information content (AvgIpc) is 3.20. The van der Waals surface area contributed by atoms with Crippen molar-refractivity contribution in [2.24, 2.45) is 7.05 Å². The number of benzene rings is 3. The Kier molecular flexibility index (Phi) is 5.44. The summed E-state index contributed by atoms with van der Waals surface area (Å²) in [5.74, 6) is 0.0848. The van der Waals surface area contributed by atoms with Gasteiger partial charge in [-0.05, 0) is 53.9 Å². The average molecular weight is 471 g/mol. The summed E-state index contributed by atoms with van der Waals surface area (Å²) in [5, 5.41) is 20.7. The zero-order valence-electron chi connectivity index (χ0n) is 18.5. The number of para-hydroxylation sites is 2. The number of aryl methyl sites for hydroxylation is 1. The molecule has 2 heterocycles. The number of aliphatic hydroxyl groups is 1. The number of nitrogens with zero attached hydrogens (tertiary/aromatic N) is 4. The lowest BCUT2D eigenvalue weighted by molar-refractivity contribution is 0.391. The van der Waals surface area contributed by atoms with Crippen LogP contribution in [0.3, 0.4) is 0 Å². The minimum absolute atomic E-state index is 0.0157. The summed E-state index contributed by atoms with van der Waals surface area (Å²) < 4.78 is 29.7. The molecule has 5 rings (SSSR count). The molecule has 0 saturated carbocycles. The van der Waals surface area contributed by atoms with Gasteiger partial charge in [0.15, 0.2) is 5.82 Å². The van der Waals surface area contributed by atoms with Crippen molar-refractivity contribution in [2.75, 3.05) is 6.54 Å². The van der Waals surface area contributed by atoms with Crippen molar-refractivity contribution in [1.29, 1.82) is 5.26 Å². The van der Waals surface area contributed by atoms with Crippen LogP contribution in [0.2, 0.25) is 0 Å². The number of hydrogen-bond donors (Lipinski definition) is 1. The van der Waals surface area contributed by atoms with Crippen LogP contribution in [0, 0.1) is 11.3 Å². The van der Waals surface area contributed by atoms with Gasteiger partial charge in [-0.3, -0.25) is 0 Å². The van der Waals surface area contributed by atoms with E-state index in [1.165, 1.54) is 34.1 Å². The first kappa shape index (κ1) is 21.9. The third-order valence-electron chi connectivity index (χ3n) is 6.22. The predicted octanol–water partition coefficient (Wildman–Crippen LogP) is 4.27. The highest BCUT2D eigenvalue weighted by molar-refractivity contribution is 7.89. The first-order valence-electron chi connectivity index (χ1n) is 10.8. The summed E-state index contributed by atoms with van der Waals surface area (Å²) >= 11 is 0. The van der Waals surface area contributed by atoms with Gasteiger partial charge in [-0.15, -0.1) is 0 Å². The Morgan fingerprint density at radius 1 is 1.00 bits per heavy atom. The van der Waals surface area contributed by atoms with Crippen LogP contribution in [-0.2, 0) is 30.0 Å². The lowest BCUT2D eigenvalue weighted by atomic mass is 10.0. The van der Waals surface area contributed by atoms with E-state index in [0.717, 1.165) is 11.1 Å². The summed E-state index contributed by atoms with van der Waals surface area (Å²) in [5.41, 5.74) is 4.09. The molecule has 34 heavy (non-hydrogen) atoms. The SMILES string of the molecule is Cn1c(/C(C#N)=C(\O)c2ccc(S(=O)(=O)N3CCc4ccccc4C3)cc2)nc2ccccc21. The number of rotatable bonds is 4. The molecule has 3 aromatic carbocycles. The van der Waals surface area contributed by atoms with Gasteiger partial charge in [-0.1, -0.05) is 36.4 Å². The number of allylic oxidation sites excluding steroid dienone is 1. The molecule has 0 fully saturated rings. The largest absolute Gasteiger partial charge is 0.506 e. The highest BCUT2D eigenvalue weighted by Crippen LogP contribution is 2.29. The van der Waals surface area contributed by atoms with Crippen LogP contribution in [0.1, 0.15) is 22.5 Å². The zero-order chi connectivity index (χ0) is 23.9. The number of aromatic nitrogens is 2. The van der Waals surface area contributed by atoms with Gasteiger partial charge in [0.25, 0.3) is 0 Å². The second-order valence-electron chi connectivity index (χ2n) is 8.20.